The van der Waals surface area contributed by atoms with Crippen molar-refractivity contribution < 1.29 is 19.0 Å². The molecule has 1 aromatic carbocycles. The summed E-state index contributed by atoms with van der Waals surface area (Å²) in [6.45, 7) is 1.70. The fourth-order valence-corrected chi connectivity index (χ4v) is 6.07. The number of halogens is 2. The number of nitrogens with one attached hydrogen (secondary N) is 1. The molecule has 0 heterocycles. The largest absolute Gasteiger partial charge is 0.466 e. The zero-order valence-electron chi connectivity index (χ0n) is 15.5. The van der Waals surface area contributed by atoms with Crippen LogP contribution >= 0.6 is 23.4 Å². The highest BCUT2D eigenvalue weighted by molar-refractivity contribution is 8.00. The van der Waals surface area contributed by atoms with Crippen molar-refractivity contribution in [1.29, 1.82) is 0 Å². The Morgan fingerprint density at radius 3 is 2.59 bits per heavy atom. The van der Waals surface area contributed by atoms with Crippen LogP contribution in [-0.4, -0.2) is 33.8 Å². The Morgan fingerprint density at radius 2 is 2.04 bits per heavy atom. The summed E-state index contributed by atoms with van der Waals surface area (Å²) in [4.78, 5) is 11.9. The lowest BCUT2D eigenvalue weighted by Gasteiger charge is -2.58. The lowest BCUT2D eigenvalue weighted by atomic mass is 9.52. The van der Waals surface area contributed by atoms with Crippen LogP contribution in [0.15, 0.2) is 18.2 Å². The molecule has 2 N–H and O–H groups in total. The lowest BCUT2D eigenvalue weighted by molar-refractivity contribution is -0.150. The van der Waals surface area contributed by atoms with Crippen LogP contribution in [-0.2, 0) is 4.79 Å². The summed E-state index contributed by atoms with van der Waals surface area (Å²) in [6.07, 6.45) is 6.40. The van der Waals surface area contributed by atoms with Gasteiger partial charge in [0.05, 0.1) is 10.6 Å². The molecule has 0 aliphatic heterocycles. The summed E-state index contributed by atoms with van der Waals surface area (Å²) >= 11 is 7.35. The maximum atomic E-state index is 13.3. The van der Waals surface area contributed by atoms with Gasteiger partial charge in [-0.2, -0.15) is 0 Å². The van der Waals surface area contributed by atoms with E-state index in [0.717, 1.165) is 32.1 Å². The zero-order chi connectivity index (χ0) is 19.4. The normalized spacial score (nSPS) is 36.3. The highest BCUT2D eigenvalue weighted by atomic mass is 35.5. The Morgan fingerprint density at radius 1 is 1.37 bits per heavy atom. The van der Waals surface area contributed by atoms with E-state index in [9.17, 15) is 14.3 Å². The minimum atomic E-state index is -1.17. The molecular formula is C20H25ClFNO3S. The molecule has 4 bridgehead atoms. The molecule has 7 heteroatoms. The van der Waals surface area contributed by atoms with E-state index in [2.05, 4.69) is 5.32 Å². The van der Waals surface area contributed by atoms with E-state index >= 15 is 0 Å². The summed E-state index contributed by atoms with van der Waals surface area (Å²) in [6, 6.07) is 3.96. The molecule has 4 saturated carbocycles. The Balaban J connectivity index is 1.49. The highest BCUT2D eigenvalue weighted by Crippen LogP contribution is 2.55. The van der Waals surface area contributed by atoms with Crippen molar-refractivity contribution in [2.24, 2.45) is 17.8 Å². The van der Waals surface area contributed by atoms with Crippen LogP contribution in [0, 0.1) is 23.6 Å². The molecule has 4 aliphatic rings. The van der Waals surface area contributed by atoms with Crippen LogP contribution in [0.4, 0.5) is 4.39 Å². The second-order valence-corrected chi connectivity index (χ2v) is 10.1. The second-order valence-electron chi connectivity index (χ2n) is 8.52. The quantitative estimate of drug-likeness (QED) is 0.716. The highest BCUT2D eigenvalue weighted by Gasteiger charge is 2.55. The van der Waals surface area contributed by atoms with Gasteiger partial charge in [-0.25, -0.2) is 4.39 Å². The van der Waals surface area contributed by atoms with Crippen LogP contribution in [0.1, 0.15) is 39.0 Å². The molecule has 1 amide bonds. The molecule has 5 rings (SSSR count). The minimum absolute atomic E-state index is 0.0769. The fraction of sp³-hybridized carbons (Fsp3) is 0.650. The van der Waals surface area contributed by atoms with Crippen molar-refractivity contribution in [3.8, 4) is 5.75 Å². The molecule has 4 fully saturated rings. The van der Waals surface area contributed by atoms with Gasteiger partial charge < -0.3 is 15.2 Å². The first-order valence-electron chi connectivity index (χ1n) is 9.44. The molecule has 27 heavy (non-hydrogen) atoms. The van der Waals surface area contributed by atoms with Gasteiger partial charge in [0.15, 0.2) is 0 Å². The number of aliphatic hydroxyl groups is 1. The van der Waals surface area contributed by atoms with Crippen molar-refractivity contribution in [2.75, 3.05) is 6.26 Å². The van der Waals surface area contributed by atoms with Crippen molar-refractivity contribution in [2.45, 2.75) is 55.6 Å². The Bertz CT molecular complexity index is 747. The van der Waals surface area contributed by atoms with Crippen molar-refractivity contribution in [3.05, 3.63) is 29.0 Å². The minimum Gasteiger partial charge on any atom is -0.466 e. The van der Waals surface area contributed by atoms with Gasteiger partial charge in [0.1, 0.15) is 11.6 Å². The Kier molecular flexibility index (Phi) is 4.88. The SMILES string of the molecule is CSC(C)(Oc1ccc(F)cc1Cl)C(=O)NC1C2CC3CC1CC(O)(C3)C2. The lowest BCUT2D eigenvalue weighted by Crippen LogP contribution is -2.63. The van der Waals surface area contributed by atoms with Gasteiger partial charge in [0.25, 0.3) is 5.91 Å². The van der Waals surface area contributed by atoms with Crippen molar-refractivity contribution in [3.63, 3.8) is 0 Å². The number of benzene rings is 1. The van der Waals surface area contributed by atoms with E-state index in [-0.39, 0.29) is 22.7 Å². The number of rotatable bonds is 5. The fourth-order valence-electron chi connectivity index (χ4n) is 5.45. The standard InChI is InChI=1S/C20H25ClFNO3S/c1-19(27-2,26-16-4-3-14(22)7-15(16)21)18(24)23-17-12-5-11-6-13(17)10-20(25,8-11)9-12/h3-4,7,11-13,17,25H,5-6,8-10H2,1-2H3,(H,23,24). The van der Waals surface area contributed by atoms with Gasteiger partial charge in [-0.15, -0.1) is 11.8 Å². The Labute approximate surface area is 168 Å². The first-order chi connectivity index (χ1) is 12.7. The molecule has 3 unspecified atom stereocenters. The van der Waals surface area contributed by atoms with E-state index in [0.29, 0.717) is 17.8 Å². The maximum absolute atomic E-state index is 13.3. The predicted octanol–water partition coefficient (Wildman–Crippen LogP) is 3.99. The van der Waals surface area contributed by atoms with Gasteiger partial charge in [0.2, 0.25) is 4.93 Å². The van der Waals surface area contributed by atoms with Gasteiger partial charge in [-0.1, -0.05) is 11.6 Å². The number of hydrogen-bond donors (Lipinski definition) is 2. The van der Waals surface area contributed by atoms with Gasteiger partial charge in [0, 0.05) is 6.04 Å². The van der Waals surface area contributed by atoms with E-state index < -0.39 is 16.4 Å². The predicted molar refractivity (Wildman–Crippen MR) is 104 cm³/mol. The third kappa shape index (κ3) is 3.56. The first kappa shape index (κ1) is 19.3. The average molecular weight is 414 g/mol. The smallest absolute Gasteiger partial charge is 0.274 e. The molecule has 0 radical (unpaired) electrons. The summed E-state index contributed by atoms with van der Waals surface area (Å²) in [5, 5.41) is 14.1. The second kappa shape index (κ2) is 6.82. The molecule has 148 valence electrons. The third-order valence-corrected chi connectivity index (χ3v) is 7.88. The average Bonchev–Trinajstić information content (AvgIpc) is 2.58. The van der Waals surface area contributed by atoms with Crippen LogP contribution in [0.2, 0.25) is 5.02 Å². The summed E-state index contributed by atoms with van der Waals surface area (Å²) < 4.78 is 19.2. The maximum Gasteiger partial charge on any atom is 0.274 e. The summed E-state index contributed by atoms with van der Waals surface area (Å²) in [5.41, 5.74) is -0.529. The Hall–Kier alpha value is -0.980. The number of thioether (sulfide) groups is 1. The first-order valence-corrected chi connectivity index (χ1v) is 11.0. The number of amides is 1. The zero-order valence-corrected chi connectivity index (χ0v) is 17.1. The van der Waals surface area contributed by atoms with Crippen LogP contribution in [0.5, 0.6) is 5.75 Å². The molecule has 1 aromatic rings. The topological polar surface area (TPSA) is 58.6 Å². The van der Waals surface area contributed by atoms with E-state index in [4.69, 9.17) is 16.3 Å². The van der Waals surface area contributed by atoms with Gasteiger partial charge in [-0.05, 0) is 81.2 Å². The molecule has 0 spiro atoms. The number of carbonyl (C=O) groups is 1. The monoisotopic (exact) mass is 413 g/mol. The molecule has 0 aromatic heterocycles. The van der Waals surface area contributed by atoms with E-state index in [1.807, 2.05) is 0 Å². The number of ether oxygens (including phenoxy) is 1. The number of hydrogen-bond acceptors (Lipinski definition) is 4. The molecule has 4 nitrogen and oxygen atoms in total. The van der Waals surface area contributed by atoms with Crippen LogP contribution < -0.4 is 10.1 Å². The van der Waals surface area contributed by atoms with Crippen molar-refractivity contribution >= 4 is 29.3 Å². The van der Waals surface area contributed by atoms with Crippen LogP contribution in [0.3, 0.4) is 0 Å². The van der Waals surface area contributed by atoms with Gasteiger partial charge >= 0.3 is 0 Å². The van der Waals surface area contributed by atoms with E-state index in [1.54, 1.807) is 13.2 Å². The van der Waals surface area contributed by atoms with Gasteiger partial charge in [-0.3, -0.25) is 4.79 Å². The third-order valence-electron chi connectivity index (χ3n) is 6.54. The molecule has 0 saturated heterocycles. The summed E-state index contributed by atoms with van der Waals surface area (Å²) in [5.74, 6) is 0.858. The molecule has 3 atom stereocenters. The summed E-state index contributed by atoms with van der Waals surface area (Å²) in [7, 11) is 0. The van der Waals surface area contributed by atoms with E-state index in [1.165, 1.54) is 30.0 Å². The van der Waals surface area contributed by atoms with Crippen molar-refractivity contribution in [1.82, 2.24) is 5.32 Å². The number of carbonyl (C=O) groups excluding carboxylic acids is 1. The molecular weight excluding hydrogens is 389 g/mol. The molecule has 4 aliphatic carbocycles. The van der Waals surface area contributed by atoms with Crippen LogP contribution in [0.25, 0.3) is 0 Å².